The quantitative estimate of drug-likeness (QED) is 0.812. The van der Waals surface area contributed by atoms with Gasteiger partial charge in [0.05, 0.1) is 12.8 Å². The summed E-state index contributed by atoms with van der Waals surface area (Å²) in [5.74, 6) is -0.707. The fourth-order valence-electron chi connectivity index (χ4n) is 3.79. The second kappa shape index (κ2) is 6.78. The molecule has 1 N–H and O–H groups in total. The number of amides is 3. The van der Waals surface area contributed by atoms with E-state index in [1.54, 1.807) is 18.2 Å². The van der Waals surface area contributed by atoms with Crippen molar-refractivity contribution in [1.82, 2.24) is 10.3 Å². The van der Waals surface area contributed by atoms with E-state index in [1.807, 2.05) is 6.92 Å². The van der Waals surface area contributed by atoms with E-state index in [2.05, 4.69) is 10.3 Å². The Hall–Kier alpha value is -3.16. The Morgan fingerprint density at radius 2 is 1.96 bits per heavy atom. The van der Waals surface area contributed by atoms with Crippen LogP contribution in [0.25, 0.3) is 0 Å². The molecule has 0 atom stereocenters. The number of ether oxygens (including phenoxy) is 2. The number of benzene rings is 1. The van der Waals surface area contributed by atoms with Gasteiger partial charge in [-0.1, -0.05) is 18.9 Å². The standard InChI is InChI=1S/C20H20FN3O4/c1-12-5-6-13(11-15(12)27-2)28-17-16(21)14(7-10-22-17)24-18(25)20(23-19(24)26)8-3-4-9-20/h5-7,10-11H,3-4,8-9H2,1-2H3,(H,23,26). The molecule has 1 aromatic heterocycles. The molecule has 2 aromatic rings. The number of carbonyl (C=O) groups excluding carboxylic acids is 2. The van der Waals surface area contributed by atoms with E-state index in [0.717, 1.165) is 23.3 Å². The first-order valence-electron chi connectivity index (χ1n) is 9.09. The molecule has 2 heterocycles. The summed E-state index contributed by atoms with van der Waals surface area (Å²) in [7, 11) is 1.53. The minimum Gasteiger partial charge on any atom is -0.496 e. The number of pyridine rings is 1. The topological polar surface area (TPSA) is 80.8 Å². The summed E-state index contributed by atoms with van der Waals surface area (Å²) in [4.78, 5) is 30.1. The molecule has 0 unspecified atom stereocenters. The lowest BCUT2D eigenvalue weighted by Crippen LogP contribution is -2.44. The molecule has 0 radical (unpaired) electrons. The van der Waals surface area contributed by atoms with Crippen LogP contribution in [0.3, 0.4) is 0 Å². The van der Waals surface area contributed by atoms with Gasteiger partial charge in [0.1, 0.15) is 17.0 Å². The van der Waals surface area contributed by atoms with Crippen molar-refractivity contribution in [3.05, 3.63) is 41.8 Å². The van der Waals surface area contributed by atoms with Crippen molar-refractivity contribution >= 4 is 17.6 Å². The van der Waals surface area contributed by atoms with Crippen molar-refractivity contribution in [1.29, 1.82) is 0 Å². The summed E-state index contributed by atoms with van der Waals surface area (Å²) in [6.07, 6.45) is 4.13. The maximum Gasteiger partial charge on any atom is 0.329 e. The van der Waals surface area contributed by atoms with Gasteiger partial charge in [-0.25, -0.2) is 14.7 Å². The van der Waals surface area contributed by atoms with E-state index in [1.165, 1.54) is 19.4 Å². The number of carbonyl (C=O) groups is 2. The normalized spacial score (nSPS) is 17.9. The number of aromatic nitrogens is 1. The number of nitrogens with one attached hydrogen (secondary N) is 1. The van der Waals surface area contributed by atoms with Gasteiger partial charge in [0, 0.05) is 12.3 Å². The smallest absolute Gasteiger partial charge is 0.329 e. The Morgan fingerprint density at radius 1 is 1.21 bits per heavy atom. The van der Waals surface area contributed by atoms with Crippen molar-refractivity contribution in [2.75, 3.05) is 12.0 Å². The van der Waals surface area contributed by atoms with Gasteiger partial charge in [-0.3, -0.25) is 4.79 Å². The van der Waals surface area contributed by atoms with Crippen LogP contribution in [0.15, 0.2) is 30.5 Å². The Bertz CT molecular complexity index is 956. The van der Waals surface area contributed by atoms with E-state index in [-0.39, 0.29) is 11.6 Å². The molecule has 0 bridgehead atoms. The monoisotopic (exact) mass is 385 g/mol. The average molecular weight is 385 g/mol. The van der Waals surface area contributed by atoms with E-state index in [9.17, 15) is 9.59 Å². The highest BCUT2D eigenvalue weighted by atomic mass is 19.1. The van der Waals surface area contributed by atoms with Gasteiger partial charge in [0.25, 0.3) is 11.8 Å². The second-order valence-corrected chi connectivity index (χ2v) is 7.04. The number of rotatable bonds is 4. The molecular formula is C20H20FN3O4. The molecule has 1 aromatic carbocycles. The van der Waals surface area contributed by atoms with Crippen LogP contribution in [-0.4, -0.2) is 29.6 Å². The molecule has 28 heavy (non-hydrogen) atoms. The molecule has 8 heteroatoms. The van der Waals surface area contributed by atoms with Crippen LogP contribution in [0.5, 0.6) is 17.4 Å². The van der Waals surface area contributed by atoms with Crippen LogP contribution in [-0.2, 0) is 4.79 Å². The average Bonchev–Trinajstić information content (AvgIpc) is 3.24. The predicted octanol–water partition coefficient (Wildman–Crippen LogP) is 3.70. The summed E-state index contributed by atoms with van der Waals surface area (Å²) >= 11 is 0. The van der Waals surface area contributed by atoms with Crippen LogP contribution in [0.1, 0.15) is 31.2 Å². The Balaban J connectivity index is 1.66. The number of anilines is 1. The number of urea groups is 1. The van der Waals surface area contributed by atoms with Crippen LogP contribution in [0, 0.1) is 12.7 Å². The lowest BCUT2D eigenvalue weighted by molar-refractivity contribution is -0.121. The first-order chi connectivity index (χ1) is 13.4. The number of methoxy groups -OCH3 is 1. The molecule has 146 valence electrons. The molecule has 1 aliphatic heterocycles. The van der Waals surface area contributed by atoms with E-state index in [4.69, 9.17) is 9.47 Å². The third kappa shape index (κ3) is 2.85. The van der Waals surface area contributed by atoms with Crippen molar-refractivity contribution in [2.45, 2.75) is 38.1 Å². The van der Waals surface area contributed by atoms with Crippen LogP contribution >= 0.6 is 0 Å². The molecule has 1 spiro atoms. The fourth-order valence-corrected chi connectivity index (χ4v) is 3.79. The number of nitrogens with zero attached hydrogens (tertiary/aromatic N) is 2. The van der Waals surface area contributed by atoms with Crippen LogP contribution in [0.2, 0.25) is 0 Å². The highest BCUT2D eigenvalue weighted by Crippen LogP contribution is 2.39. The number of imide groups is 1. The van der Waals surface area contributed by atoms with Crippen molar-refractivity contribution in [2.24, 2.45) is 0 Å². The predicted molar refractivity (Wildman–Crippen MR) is 99.2 cm³/mol. The zero-order valence-electron chi connectivity index (χ0n) is 15.6. The summed E-state index contributed by atoms with van der Waals surface area (Å²) < 4.78 is 25.9. The third-order valence-electron chi connectivity index (χ3n) is 5.29. The summed E-state index contributed by atoms with van der Waals surface area (Å²) in [5, 5.41) is 2.74. The molecule has 2 fully saturated rings. The zero-order chi connectivity index (χ0) is 19.9. The zero-order valence-corrected chi connectivity index (χ0v) is 15.6. The van der Waals surface area contributed by atoms with Crippen LogP contribution < -0.4 is 19.7 Å². The molecule has 7 nitrogen and oxygen atoms in total. The van der Waals surface area contributed by atoms with E-state index < -0.39 is 23.3 Å². The Labute approximate surface area is 161 Å². The maximum absolute atomic E-state index is 15.1. The van der Waals surface area contributed by atoms with Crippen molar-refractivity contribution in [3.8, 4) is 17.4 Å². The lowest BCUT2D eigenvalue weighted by atomic mass is 9.98. The molecule has 1 saturated heterocycles. The van der Waals surface area contributed by atoms with Gasteiger partial charge in [-0.05, 0) is 37.5 Å². The molecule has 4 rings (SSSR count). The van der Waals surface area contributed by atoms with Crippen LogP contribution in [0.4, 0.5) is 14.9 Å². The van der Waals surface area contributed by atoms with Gasteiger partial charge in [0.15, 0.2) is 0 Å². The van der Waals surface area contributed by atoms with Gasteiger partial charge < -0.3 is 14.8 Å². The molecule has 2 aliphatic rings. The first-order valence-corrected chi connectivity index (χ1v) is 9.09. The summed E-state index contributed by atoms with van der Waals surface area (Å²) in [5.41, 5.74) is -0.188. The maximum atomic E-state index is 15.1. The molecule has 3 amide bonds. The molecule has 1 aliphatic carbocycles. The minimum absolute atomic E-state index is 0.171. The first kappa shape index (κ1) is 18.2. The van der Waals surface area contributed by atoms with Gasteiger partial charge in [-0.15, -0.1) is 0 Å². The Morgan fingerprint density at radius 3 is 2.68 bits per heavy atom. The number of halogens is 1. The summed E-state index contributed by atoms with van der Waals surface area (Å²) in [6.45, 7) is 1.87. The molecule has 1 saturated carbocycles. The number of hydrogen-bond donors (Lipinski definition) is 1. The SMILES string of the molecule is COc1cc(Oc2nccc(N3C(=O)NC4(CCCC4)C3=O)c2F)ccc1C. The van der Waals surface area contributed by atoms with Crippen molar-refractivity contribution < 1.29 is 23.5 Å². The highest BCUT2D eigenvalue weighted by Gasteiger charge is 2.53. The lowest BCUT2D eigenvalue weighted by Gasteiger charge is -2.20. The Kier molecular flexibility index (Phi) is 4.41. The largest absolute Gasteiger partial charge is 0.496 e. The van der Waals surface area contributed by atoms with Gasteiger partial charge >= 0.3 is 6.03 Å². The number of hydrogen-bond acceptors (Lipinski definition) is 5. The van der Waals surface area contributed by atoms with Gasteiger partial charge in [0.2, 0.25) is 5.82 Å². The van der Waals surface area contributed by atoms with Crippen molar-refractivity contribution in [3.63, 3.8) is 0 Å². The van der Waals surface area contributed by atoms with E-state index >= 15 is 4.39 Å². The second-order valence-electron chi connectivity index (χ2n) is 7.04. The fraction of sp³-hybridized carbons (Fsp3) is 0.350. The van der Waals surface area contributed by atoms with E-state index in [0.29, 0.717) is 24.3 Å². The van der Waals surface area contributed by atoms with Gasteiger partial charge in [-0.2, -0.15) is 4.39 Å². The highest BCUT2D eigenvalue weighted by molar-refractivity contribution is 6.23. The minimum atomic E-state index is -0.919. The number of aryl methyl sites for hydroxylation is 1. The third-order valence-corrected chi connectivity index (χ3v) is 5.29. The summed E-state index contributed by atoms with van der Waals surface area (Å²) in [6, 6.07) is 5.72. The molecular weight excluding hydrogens is 365 g/mol.